The third-order valence-corrected chi connectivity index (χ3v) is 5.75. The van der Waals surface area contributed by atoms with E-state index in [1.807, 2.05) is 0 Å². The molecule has 0 spiro atoms. The van der Waals surface area contributed by atoms with Gasteiger partial charge < -0.3 is 20.2 Å². The van der Waals surface area contributed by atoms with E-state index in [1.54, 1.807) is 11.8 Å². The van der Waals surface area contributed by atoms with Crippen LogP contribution in [-0.2, 0) is 4.79 Å². The molecule has 0 radical (unpaired) electrons. The zero-order valence-corrected chi connectivity index (χ0v) is 13.6. The van der Waals surface area contributed by atoms with Crippen LogP contribution < -0.4 is 5.32 Å². The van der Waals surface area contributed by atoms with E-state index < -0.39 is 12.0 Å². The summed E-state index contributed by atoms with van der Waals surface area (Å²) >= 11 is 1.59. The van der Waals surface area contributed by atoms with Crippen molar-refractivity contribution in [1.29, 1.82) is 0 Å². The summed E-state index contributed by atoms with van der Waals surface area (Å²) in [5.41, 5.74) is 0.0267. The van der Waals surface area contributed by atoms with Crippen molar-refractivity contribution in [2.45, 2.75) is 37.3 Å². The Labute approximate surface area is 130 Å². The SMILES string of the molecule is CN(C)C1(CNC(=O)N2CCSCC2C(=O)O)CCCC1. The van der Waals surface area contributed by atoms with Gasteiger partial charge in [-0.3, -0.25) is 0 Å². The summed E-state index contributed by atoms with van der Waals surface area (Å²) in [5, 5.41) is 12.2. The van der Waals surface area contributed by atoms with Gasteiger partial charge in [-0.2, -0.15) is 11.8 Å². The first-order valence-electron chi connectivity index (χ1n) is 7.49. The highest BCUT2D eigenvalue weighted by Gasteiger charge is 2.38. The zero-order valence-electron chi connectivity index (χ0n) is 12.8. The van der Waals surface area contributed by atoms with Gasteiger partial charge in [-0.15, -0.1) is 0 Å². The third-order valence-electron chi connectivity index (χ3n) is 4.73. The summed E-state index contributed by atoms with van der Waals surface area (Å²) in [7, 11) is 4.10. The molecule has 1 aliphatic carbocycles. The molecule has 2 N–H and O–H groups in total. The molecule has 0 bridgehead atoms. The number of thioether (sulfide) groups is 1. The van der Waals surface area contributed by atoms with Crippen LogP contribution in [0.25, 0.3) is 0 Å². The van der Waals surface area contributed by atoms with Crippen LogP contribution in [0.3, 0.4) is 0 Å². The normalized spacial score (nSPS) is 25.1. The number of urea groups is 1. The molecule has 1 unspecified atom stereocenters. The molecule has 6 nitrogen and oxygen atoms in total. The van der Waals surface area contributed by atoms with E-state index in [0.717, 1.165) is 18.6 Å². The van der Waals surface area contributed by atoms with Crippen LogP contribution in [0.5, 0.6) is 0 Å². The molecule has 7 heteroatoms. The Morgan fingerprint density at radius 1 is 1.38 bits per heavy atom. The first-order chi connectivity index (χ1) is 9.96. The number of carbonyl (C=O) groups is 2. The van der Waals surface area contributed by atoms with E-state index in [9.17, 15) is 14.7 Å². The van der Waals surface area contributed by atoms with E-state index in [0.29, 0.717) is 18.8 Å². The molecule has 1 atom stereocenters. The van der Waals surface area contributed by atoms with Gasteiger partial charge in [-0.1, -0.05) is 12.8 Å². The smallest absolute Gasteiger partial charge is 0.327 e. The number of nitrogens with one attached hydrogen (secondary N) is 1. The van der Waals surface area contributed by atoms with Gasteiger partial charge >= 0.3 is 12.0 Å². The standard InChI is InChI=1S/C14H25N3O3S/c1-16(2)14(5-3-4-6-14)10-15-13(20)17-7-8-21-9-11(17)12(18)19/h11H,3-10H2,1-2H3,(H,15,20)(H,18,19). The average Bonchev–Trinajstić information content (AvgIpc) is 2.95. The van der Waals surface area contributed by atoms with Crippen molar-refractivity contribution >= 4 is 23.8 Å². The quantitative estimate of drug-likeness (QED) is 0.812. The number of hydrogen-bond acceptors (Lipinski definition) is 4. The molecule has 2 rings (SSSR count). The number of aliphatic carboxylic acids is 1. The van der Waals surface area contributed by atoms with Crippen LogP contribution in [-0.4, -0.2) is 77.2 Å². The van der Waals surface area contributed by atoms with Crippen molar-refractivity contribution in [2.24, 2.45) is 0 Å². The molecule has 2 fully saturated rings. The van der Waals surface area contributed by atoms with Crippen LogP contribution in [0.4, 0.5) is 4.79 Å². The number of hydrogen-bond donors (Lipinski definition) is 2. The number of rotatable bonds is 4. The maximum absolute atomic E-state index is 12.4. The number of carbonyl (C=O) groups excluding carboxylic acids is 1. The molecule has 0 aromatic rings. The summed E-state index contributed by atoms with van der Waals surface area (Å²) < 4.78 is 0. The fraction of sp³-hybridized carbons (Fsp3) is 0.857. The fourth-order valence-corrected chi connectivity index (χ4v) is 4.25. The highest BCUT2D eigenvalue weighted by molar-refractivity contribution is 7.99. The number of nitrogens with zero attached hydrogens (tertiary/aromatic N) is 2. The van der Waals surface area contributed by atoms with Gasteiger partial charge in [0.05, 0.1) is 0 Å². The number of carboxylic acids is 1. The lowest BCUT2D eigenvalue weighted by Crippen LogP contribution is -2.57. The lowest BCUT2D eigenvalue weighted by molar-refractivity contribution is -0.141. The second kappa shape index (κ2) is 6.87. The minimum absolute atomic E-state index is 0.0267. The highest BCUT2D eigenvalue weighted by Crippen LogP contribution is 2.33. The lowest BCUT2D eigenvalue weighted by Gasteiger charge is -2.38. The van der Waals surface area contributed by atoms with Gasteiger partial charge in [-0.05, 0) is 26.9 Å². The van der Waals surface area contributed by atoms with Crippen LogP contribution in [0.1, 0.15) is 25.7 Å². The predicted molar refractivity (Wildman–Crippen MR) is 83.7 cm³/mol. The number of carboxylic acid groups (broad SMARTS) is 1. The molecule has 120 valence electrons. The largest absolute Gasteiger partial charge is 0.480 e. The van der Waals surface area contributed by atoms with E-state index in [-0.39, 0.29) is 11.6 Å². The molecule has 2 amide bonds. The summed E-state index contributed by atoms with van der Waals surface area (Å²) in [6.07, 6.45) is 4.54. The van der Waals surface area contributed by atoms with Crippen molar-refractivity contribution in [2.75, 3.05) is 38.7 Å². The van der Waals surface area contributed by atoms with Crippen LogP contribution >= 0.6 is 11.8 Å². The Hall–Kier alpha value is -0.950. The molecule has 2 aliphatic rings. The monoisotopic (exact) mass is 315 g/mol. The number of amides is 2. The Morgan fingerprint density at radius 2 is 2.05 bits per heavy atom. The fourth-order valence-electron chi connectivity index (χ4n) is 3.21. The van der Waals surface area contributed by atoms with E-state index in [1.165, 1.54) is 17.7 Å². The molecule has 1 aliphatic heterocycles. The minimum Gasteiger partial charge on any atom is -0.480 e. The third kappa shape index (κ3) is 3.63. The highest BCUT2D eigenvalue weighted by atomic mass is 32.2. The molecule has 1 saturated heterocycles. The van der Waals surface area contributed by atoms with Crippen LogP contribution in [0.15, 0.2) is 0 Å². The minimum atomic E-state index is -0.916. The van der Waals surface area contributed by atoms with Gasteiger partial charge in [0, 0.05) is 30.1 Å². The second-order valence-corrected chi connectivity index (χ2v) is 7.26. The molecule has 1 saturated carbocycles. The molecule has 0 aromatic carbocycles. The first-order valence-corrected chi connectivity index (χ1v) is 8.64. The topological polar surface area (TPSA) is 72.9 Å². The van der Waals surface area contributed by atoms with Gasteiger partial charge in [0.2, 0.25) is 0 Å². The lowest BCUT2D eigenvalue weighted by atomic mass is 9.96. The molecule has 1 heterocycles. The van der Waals surface area contributed by atoms with Crippen molar-refractivity contribution in [3.63, 3.8) is 0 Å². The van der Waals surface area contributed by atoms with Gasteiger partial charge in [-0.25, -0.2) is 9.59 Å². The van der Waals surface area contributed by atoms with Gasteiger partial charge in [0.25, 0.3) is 0 Å². The maximum Gasteiger partial charge on any atom is 0.327 e. The Kier molecular flexibility index (Phi) is 5.37. The van der Waals surface area contributed by atoms with Gasteiger partial charge in [0.1, 0.15) is 6.04 Å². The zero-order chi connectivity index (χ0) is 15.5. The maximum atomic E-state index is 12.4. The summed E-state index contributed by atoms with van der Waals surface area (Å²) in [6.45, 7) is 1.09. The molecular weight excluding hydrogens is 290 g/mol. The summed E-state index contributed by atoms with van der Waals surface area (Å²) in [4.78, 5) is 27.3. The Bertz CT molecular complexity index is 397. The van der Waals surface area contributed by atoms with E-state index in [4.69, 9.17) is 0 Å². The Balaban J connectivity index is 1.95. The summed E-state index contributed by atoms with van der Waals surface area (Å²) in [5.74, 6) is 0.359. The first kappa shape index (κ1) is 16.4. The summed E-state index contributed by atoms with van der Waals surface area (Å²) in [6, 6.07) is -0.946. The predicted octanol–water partition coefficient (Wildman–Crippen LogP) is 1.07. The Morgan fingerprint density at radius 3 is 2.62 bits per heavy atom. The molecular formula is C14H25N3O3S. The van der Waals surface area contributed by atoms with Gasteiger partial charge in [0.15, 0.2) is 0 Å². The van der Waals surface area contributed by atoms with Crippen molar-refractivity contribution in [3.8, 4) is 0 Å². The average molecular weight is 315 g/mol. The van der Waals surface area contributed by atoms with Crippen molar-refractivity contribution < 1.29 is 14.7 Å². The van der Waals surface area contributed by atoms with Crippen molar-refractivity contribution in [3.05, 3.63) is 0 Å². The van der Waals surface area contributed by atoms with Crippen molar-refractivity contribution in [1.82, 2.24) is 15.1 Å². The van der Waals surface area contributed by atoms with E-state index in [2.05, 4.69) is 24.3 Å². The van der Waals surface area contributed by atoms with E-state index >= 15 is 0 Å². The molecule has 0 aromatic heterocycles. The second-order valence-electron chi connectivity index (χ2n) is 6.11. The number of likely N-dealkylation sites (N-methyl/N-ethyl adjacent to an activating group) is 1. The van der Waals surface area contributed by atoms with Crippen LogP contribution in [0, 0.1) is 0 Å². The van der Waals surface area contributed by atoms with Crippen LogP contribution in [0.2, 0.25) is 0 Å². The molecule has 21 heavy (non-hydrogen) atoms.